The number of carboxylic acid groups (broad SMARTS) is 1. The Balaban J connectivity index is 2.37. The van der Waals surface area contributed by atoms with Gasteiger partial charge in [-0.2, -0.15) is 26.3 Å². The monoisotopic (exact) mass is 410 g/mol. The molecule has 1 aliphatic rings. The Hall–Kier alpha value is -2.61. The molecular weight excluding hydrogens is 394 g/mol. The molecule has 0 aromatic heterocycles. The minimum absolute atomic E-state index is 0.00691. The third kappa shape index (κ3) is 3.82. The lowest BCUT2D eigenvalue weighted by atomic mass is 9.92. The van der Waals surface area contributed by atoms with Crippen molar-refractivity contribution < 1.29 is 41.4 Å². The van der Waals surface area contributed by atoms with E-state index in [2.05, 4.69) is 11.8 Å². The molecule has 1 aromatic carbocycles. The van der Waals surface area contributed by atoms with Crippen LogP contribution >= 0.6 is 0 Å². The van der Waals surface area contributed by atoms with Gasteiger partial charge in [0.1, 0.15) is 6.04 Å². The van der Waals surface area contributed by atoms with Crippen LogP contribution in [0.25, 0.3) is 0 Å². The van der Waals surface area contributed by atoms with Crippen molar-refractivity contribution in [2.24, 2.45) is 0 Å². The number of carbonyl (C=O) groups is 1. The van der Waals surface area contributed by atoms with Gasteiger partial charge in [-0.05, 0) is 19.1 Å². The highest BCUT2D eigenvalue weighted by Gasteiger charge is 2.71. The zero-order chi connectivity index (χ0) is 21.3. The molecule has 0 unspecified atom stereocenters. The topological polar surface area (TPSA) is 64.0 Å². The van der Waals surface area contributed by atoms with E-state index in [-0.39, 0.29) is 25.3 Å². The molecule has 1 atom stereocenters. The van der Waals surface area contributed by atoms with Gasteiger partial charge in [-0.15, -0.1) is 5.92 Å². The van der Waals surface area contributed by atoms with Gasteiger partial charge in [0.15, 0.2) is 0 Å². The van der Waals surface area contributed by atoms with Crippen LogP contribution in [0.15, 0.2) is 24.3 Å². The summed E-state index contributed by atoms with van der Waals surface area (Å²) in [5.41, 5.74) is -6.10. The van der Waals surface area contributed by atoms with Crippen LogP contribution in [-0.4, -0.2) is 59.2 Å². The lowest BCUT2D eigenvalue weighted by Crippen LogP contribution is -2.54. The first-order valence-corrected chi connectivity index (χ1v) is 7.96. The number of piperazine rings is 1. The standard InChI is InChI=1S/C17H16F6N2O3/c1-2-3-13-10-24(14(26)27)8-9-25(13)12-6-4-11(5-7-12)15(28,16(18,19)20)17(21,22)23/h4-7,13,28H,8-10H2,1H3,(H,26,27)/t13-/m0/s1. The molecule has 0 spiro atoms. The summed E-state index contributed by atoms with van der Waals surface area (Å²) in [6, 6.07) is 2.51. The van der Waals surface area contributed by atoms with Crippen molar-refractivity contribution >= 4 is 11.8 Å². The molecule has 5 nitrogen and oxygen atoms in total. The minimum Gasteiger partial charge on any atom is -0.465 e. The number of amides is 1. The van der Waals surface area contributed by atoms with E-state index in [1.807, 2.05) is 0 Å². The summed E-state index contributed by atoms with van der Waals surface area (Å²) >= 11 is 0. The lowest BCUT2D eigenvalue weighted by Gasteiger charge is -2.39. The highest BCUT2D eigenvalue weighted by atomic mass is 19.4. The third-order valence-corrected chi connectivity index (χ3v) is 4.40. The van der Waals surface area contributed by atoms with Crippen LogP contribution in [0.3, 0.4) is 0 Å². The molecule has 28 heavy (non-hydrogen) atoms. The maximum Gasteiger partial charge on any atom is 0.430 e. The van der Waals surface area contributed by atoms with Crippen molar-refractivity contribution in [3.63, 3.8) is 0 Å². The van der Waals surface area contributed by atoms with Crippen molar-refractivity contribution in [2.45, 2.75) is 30.9 Å². The van der Waals surface area contributed by atoms with Crippen LogP contribution in [-0.2, 0) is 5.60 Å². The molecule has 1 saturated heterocycles. The fourth-order valence-electron chi connectivity index (χ4n) is 2.94. The van der Waals surface area contributed by atoms with Crippen LogP contribution < -0.4 is 4.90 Å². The first-order chi connectivity index (χ1) is 12.8. The minimum atomic E-state index is -5.96. The normalized spacial score (nSPS) is 18.5. The zero-order valence-electron chi connectivity index (χ0n) is 14.5. The summed E-state index contributed by atoms with van der Waals surface area (Å²) in [7, 11) is 0. The molecule has 154 valence electrons. The number of hydrogen-bond acceptors (Lipinski definition) is 3. The molecule has 0 aliphatic carbocycles. The lowest BCUT2D eigenvalue weighted by molar-refractivity contribution is -0.376. The average molecular weight is 410 g/mol. The van der Waals surface area contributed by atoms with Crippen molar-refractivity contribution in [1.29, 1.82) is 0 Å². The number of benzene rings is 1. The van der Waals surface area contributed by atoms with E-state index in [0.29, 0.717) is 12.1 Å². The Morgan fingerprint density at radius 1 is 1.07 bits per heavy atom. The highest BCUT2D eigenvalue weighted by Crippen LogP contribution is 2.50. The number of nitrogens with zero attached hydrogens (tertiary/aromatic N) is 2. The summed E-state index contributed by atoms with van der Waals surface area (Å²) in [5, 5.41) is 18.5. The van der Waals surface area contributed by atoms with Crippen LogP contribution in [0.4, 0.5) is 36.8 Å². The molecule has 1 aliphatic heterocycles. The number of hydrogen-bond donors (Lipinski definition) is 2. The highest BCUT2D eigenvalue weighted by molar-refractivity contribution is 5.66. The van der Waals surface area contributed by atoms with Gasteiger partial charge < -0.3 is 20.0 Å². The average Bonchev–Trinajstić information content (AvgIpc) is 2.59. The van der Waals surface area contributed by atoms with E-state index in [4.69, 9.17) is 5.11 Å². The van der Waals surface area contributed by atoms with Gasteiger partial charge in [0.05, 0.1) is 6.54 Å². The molecular formula is C17H16F6N2O3. The van der Waals surface area contributed by atoms with Gasteiger partial charge >= 0.3 is 18.4 Å². The number of aliphatic hydroxyl groups is 1. The maximum absolute atomic E-state index is 13.0. The van der Waals surface area contributed by atoms with E-state index in [0.717, 1.165) is 17.0 Å². The molecule has 0 bridgehead atoms. The maximum atomic E-state index is 13.0. The van der Waals surface area contributed by atoms with Crippen molar-refractivity contribution in [2.75, 3.05) is 24.5 Å². The third-order valence-electron chi connectivity index (χ3n) is 4.40. The van der Waals surface area contributed by atoms with E-state index in [9.17, 15) is 36.2 Å². The quantitative estimate of drug-likeness (QED) is 0.581. The smallest absolute Gasteiger partial charge is 0.430 e. The zero-order valence-corrected chi connectivity index (χ0v) is 14.5. The molecule has 1 heterocycles. The molecule has 1 fully saturated rings. The number of anilines is 1. The van der Waals surface area contributed by atoms with Crippen LogP contribution in [0, 0.1) is 11.8 Å². The molecule has 1 amide bonds. The Kier molecular flexibility index (Phi) is 5.75. The summed E-state index contributed by atoms with van der Waals surface area (Å²) in [6.45, 7) is 1.77. The number of rotatable bonds is 2. The van der Waals surface area contributed by atoms with Crippen molar-refractivity contribution in [3.8, 4) is 11.8 Å². The fourth-order valence-corrected chi connectivity index (χ4v) is 2.94. The van der Waals surface area contributed by atoms with Crippen LogP contribution in [0.2, 0.25) is 0 Å². The summed E-state index contributed by atoms with van der Waals surface area (Å²) in [5.74, 6) is 5.40. The predicted molar refractivity (Wildman–Crippen MR) is 86.6 cm³/mol. The van der Waals surface area contributed by atoms with Crippen LogP contribution in [0.1, 0.15) is 12.5 Å². The Morgan fingerprint density at radius 3 is 2.04 bits per heavy atom. The summed E-state index contributed by atoms with van der Waals surface area (Å²) in [6.07, 6.45) is -13.1. The van der Waals surface area contributed by atoms with Gasteiger partial charge in [0, 0.05) is 24.3 Å². The van der Waals surface area contributed by atoms with Crippen LogP contribution in [0.5, 0.6) is 0 Å². The Morgan fingerprint density at radius 2 is 1.61 bits per heavy atom. The predicted octanol–water partition coefficient (Wildman–Crippen LogP) is 3.19. The van der Waals surface area contributed by atoms with E-state index in [1.54, 1.807) is 4.90 Å². The first kappa shape index (κ1) is 21.7. The van der Waals surface area contributed by atoms with E-state index in [1.165, 1.54) is 6.92 Å². The number of alkyl halides is 6. The SMILES string of the molecule is CC#C[C@H]1CN(C(=O)O)CCN1c1ccc(C(O)(C(F)(F)F)C(F)(F)F)cc1. The molecule has 2 rings (SSSR count). The molecule has 0 radical (unpaired) electrons. The van der Waals surface area contributed by atoms with E-state index >= 15 is 0 Å². The second-order valence-corrected chi connectivity index (χ2v) is 6.08. The van der Waals surface area contributed by atoms with Gasteiger partial charge in [0.2, 0.25) is 0 Å². The Labute approximate surface area is 156 Å². The molecule has 11 heteroatoms. The van der Waals surface area contributed by atoms with Crippen molar-refractivity contribution in [3.05, 3.63) is 29.8 Å². The Bertz CT molecular complexity index is 765. The van der Waals surface area contributed by atoms with Gasteiger partial charge in [-0.25, -0.2) is 4.79 Å². The summed E-state index contributed by atoms with van der Waals surface area (Å²) in [4.78, 5) is 13.8. The van der Waals surface area contributed by atoms with Gasteiger partial charge in [0.25, 0.3) is 5.60 Å². The summed E-state index contributed by atoms with van der Waals surface area (Å²) < 4.78 is 77.8. The first-order valence-electron chi connectivity index (χ1n) is 7.96. The second-order valence-electron chi connectivity index (χ2n) is 6.08. The van der Waals surface area contributed by atoms with Crippen molar-refractivity contribution in [1.82, 2.24) is 4.90 Å². The second kappa shape index (κ2) is 7.43. The molecule has 0 saturated carbocycles. The largest absolute Gasteiger partial charge is 0.465 e. The van der Waals surface area contributed by atoms with Gasteiger partial charge in [-0.3, -0.25) is 0 Å². The number of halogens is 6. The molecule has 1 aromatic rings. The van der Waals surface area contributed by atoms with Gasteiger partial charge in [-0.1, -0.05) is 18.1 Å². The van der Waals surface area contributed by atoms with E-state index < -0.39 is 35.7 Å². The fraction of sp³-hybridized carbons (Fsp3) is 0.471. The molecule has 2 N–H and O–H groups in total.